The first-order chi connectivity index (χ1) is 30.6. The van der Waals surface area contributed by atoms with Gasteiger partial charge in [0.15, 0.2) is 6.79 Å². The fourth-order valence-corrected chi connectivity index (χ4v) is 7.80. The van der Waals surface area contributed by atoms with E-state index in [1.807, 2.05) is 13.8 Å². The van der Waals surface area contributed by atoms with Crippen molar-refractivity contribution in [2.75, 3.05) is 6.79 Å². The third-order valence-electron chi connectivity index (χ3n) is 11.3. The molecular weight excluding hydrogens is 839 g/mol. The Morgan fingerprint density at radius 3 is 1.42 bits per heavy atom. The van der Waals surface area contributed by atoms with E-state index >= 15 is 0 Å². The predicted octanol–water partition coefficient (Wildman–Crippen LogP) is 13.4. The average Bonchev–Trinajstić information content (AvgIpc) is 3.26. The van der Waals surface area contributed by atoms with Gasteiger partial charge in [0.1, 0.15) is 11.2 Å². The first kappa shape index (κ1) is 47.5. The highest BCUT2D eigenvalue weighted by Gasteiger charge is 2.36. The quantitative estimate of drug-likeness (QED) is 0.0188. The lowest BCUT2D eigenvalue weighted by molar-refractivity contribution is -0.155. The molecule has 6 rings (SSSR count). The van der Waals surface area contributed by atoms with E-state index < -0.39 is 46.8 Å². The summed E-state index contributed by atoms with van der Waals surface area (Å²) in [5.74, 6) is -0.679. The summed E-state index contributed by atoms with van der Waals surface area (Å²) in [7, 11) is 0. The molecule has 0 spiro atoms. The highest BCUT2D eigenvalue weighted by Crippen LogP contribution is 2.39. The summed E-state index contributed by atoms with van der Waals surface area (Å²) in [6.45, 7) is 7.06. The minimum atomic E-state index is -4.69. The number of alkyl halides is 6. The van der Waals surface area contributed by atoms with Crippen LogP contribution in [-0.4, -0.2) is 18.9 Å². The largest absolute Gasteiger partial charge is 0.435 e. The van der Waals surface area contributed by atoms with Crippen LogP contribution in [0.25, 0.3) is 44.2 Å². The number of benzene rings is 4. The van der Waals surface area contributed by atoms with Crippen LogP contribution in [0.4, 0.5) is 26.3 Å². The van der Waals surface area contributed by atoms with Crippen LogP contribution < -0.4 is 11.3 Å². The van der Waals surface area contributed by atoms with E-state index in [1.54, 1.807) is 48.5 Å². The molecular formula is C51H50F6O7. The zero-order valence-electron chi connectivity index (χ0n) is 35.8. The van der Waals surface area contributed by atoms with Crippen LogP contribution in [0.1, 0.15) is 98.6 Å². The summed E-state index contributed by atoms with van der Waals surface area (Å²) in [5, 5.41) is 0.878. The van der Waals surface area contributed by atoms with Gasteiger partial charge >= 0.3 is 29.6 Å². The van der Waals surface area contributed by atoms with Gasteiger partial charge in [0.2, 0.25) is 0 Å². The van der Waals surface area contributed by atoms with Gasteiger partial charge in [0.05, 0.1) is 28.4 Å². The van der Waals surface area contributed by atoms with E-state index in [1.165, 1.54) is 24.3 Å². The monoisotopic (exact) mass is 888 g/mol. The second kappa shape index (κ2) is 21.2. The summed E-state index contributed by atoms with van der Waals surface area (Å²) in [4.78, 5) is 38.2. The van der Waals surface area contributed by atoms with Crippen molar-refractivity contribution in [3.05, 3.63) is 152 Å². The molecule has 2 heterocycles. The molecule has 338 valence electrons. The molecule has 0 N–H and O–H groups in total. The molecule has 2 aromatic heterocycles. The smallest absolute Gasteiger partial charge is 0.417 e. The number of carbonyl (C=O) groups is 1. The summed E-state index contributed by atoms with van der Waals surface area (Å²) < 4.78 is 108. The SMILES string of the molecule is C=CC(=O)OCOC(CCc1ccc2cc(-c3ccc(CCCCC)cc3C(F)(F)F)c(=O)oc2c1)CCc1ccc2cc(-c3ccc(CCCCC)cc3C(F)(F)F)c(=O)oc2c1. The third kappa shape index (κ3) is 12.2. The lowest BCUT2D eigenvalue weighted by Crippen LogP contribution is -2.18. The number of hydrogen-bond donors (Lipinski definition) is 0. The Bertz CT molecular complexity index is 2540. The molecule has 0 unspecified atom stereocenters. The molecule has 4 aromatic carbocycles. The van der Waals surface area contributed by atoms with Crippen molar-refractivity contribution in [2.24, 2.45) is 0 Å². The van der Waals surface area contributed by atoms with Crippen molar-refractivity contribution < 1.29 is 49.4 Å². The maximum absolute atomic E-state index is 14.2. The van der Waals surface area contributed by atoms with Crippen LogP contribution in [0.15, 0.2) is 116 Å². The maximum atomic E-state index is 14.2. The van der Waals surface area contributed by atoms with Crippen molar-refractivity contribution in [1.82, 2.24) is 0 Å². The molecule has 0 radical (unpaired) electrons. The number of esters is 1. The summed E-state index contributed by atoms with van der Waals surface area (Å²) in [5.41, 5.74) is -1.50. The number of rotatable bonds is 20. The normalized spacial score (nSPS) is 12.1. The minimum absolute atomic E-state index is 0.193. The Labute approximate surface area is 366 Å². The van der Waals surface area contributed by atoms with Crippen molar-refractivity contribution in [2.45, 2.75) is 109 Å². The van der Waals surface area contributed by atoms with Gasteiger partial charge in [-0.05, 0) is 110 Å². The number of ether oxygens (including phenoxy) is 2. The molecule has 6 aromatic rings. The highest BCUT2D eigenvalue weighted by atomic mass is 19.4. The molecule has 13 heteroatoms. The van der Waals surface area contributed by atoms with E-state index in [2.05, 4.69) is 6.58 Å². The Morgan fingerprint density at radius 2 is 1.02 bits per heavy atom. The van der Waals surface area contributed by atoms with Gasteiger partial charge in [0, 0.05) is 28.0 Å². The molecule has 0 atom stereocenters. The Morgan fingerprint density at radius 1 is 0.594 bits per heavy atom. The first-order valence-corrected chi connectivity index (χ1v) is 21.5. The van der Waals surface area contributed by atoms with E-state index in [0.29, 0.717) is 60.4 Å². The van der Waals surface area contributed by atoms with Crippen LogP contribution in [0.5, 0.6) is 0 Å². The number of aryl methyl sites for hydroxylation is 4. The number of halogens is 6. The van der Waals surface area contributed by atoms with Crippen molar-refractivity contribution >= 4 is 27.9 Å². The van der Waals surface area contributed by atoms with Crippen LogP contribution >= 0.6 is 0 Å². The van der Waals surface area contributed by atoms with E-state index in [9.17, 15) is 40.7 Å². The standard InChI is InChI=1S/C51H50F6O7/c1-4-7-9-11-32-17-23-39(43(25-32)50(52,53)54)41-29-36-19-13-34(27-45(36)63-48(41)59)15-21-38(61-31-62-47(58)6-3)22-16-35-14-20-37-30-42(49(60)64-46(37)28-35)40-24-18-33(12-10-8-5-2)26-44(40)51(55,56)57/h6,13-14,17-20,23-30,38H,3-5,7-12,15-16,21-22,31H2,1-2H3. The topological polar surface area (TPSA) is 96.0 Å². The molecule has 0 saturated heterocycles. The van der Waals surface area contributed by atoms with E-state index in [-0.39, 0.29) is 40.2 Å². The molecule has 0 amide bonds. The second-order valence-electron chi connectivity index (χ2n) is 16.0. The van der Waals surface area contributed by atoms with Crippen LogP contribution in [0.3, 0.4) is 0 Å². The lowest BCUT2D eigenvalue weighted by Gasteiger charge is -2.18. The van der Waals surface area contributed by atoms with Gasteiger partial charge in [-0.25, -0.2) is 14.4 Å². The number of hydrogen-bond acceptors (Lipinski definition) is 7. The Kier molecular flexibility index (Phi) is 15.7. The summed E-state index contributed by atoms with van der Waals surface area (Å²) in [6, 6.07) is 21.1. The molecule has 0 saturated carbocycles. The van der Waals surface area contributed by atoms with Crippen molar-refractivity contribution in [3.8, 4) is 22.3 Å². The van der Waals surface area contributed by atoms with Gasteiger partial charge in [-0.15, -0.1) is 0 Å². The third-order valence-corrected chi connectivity index (χ3v) is 11.3. The van der Waals surface area contributed by atoms with E-state index in [4.69, 9.17) is 18.3 Å². The summed E-state index contributed by atoms with van der Waals surface area (Å²) >= 11 is 0. The molecule has 0 bridgehead atoms. The molecule has 0 aliphatic carbocycles. The zero-order chi connectivity index (χ0) is 46.0. The number of unbranched alkanes of at least 4 members (excludes halogenated alkanes) is 4. The summed E-state index contributed by atoms with van der Waals surface area (Å²) in [6.07, 6.45) is -1.06. The highest BCUT2D eigenvalue weighted by molar-refractivity contribution is 5.84. The van der Waals surface area contributed by atoms with E-state index in [0.717, 1.165) is 67.9 Å². The van der Waals surface area contributed by atoms with Gasteiger partial charge in [-0.1, -0.05) is 94.6 Å². The molecule has 0 aliphatic heterocycles. The minimum Gasteiger partial charge on any atom is -0.435 e. The molecule has 64 heavy (non-hydrogen) atoms. The molecule has 0 fully saturated rings. The predicted molar refractivity (Wildman–Crippen MR) is 235 cm³/mol. The fraction of sp³-hybridized carbons (Fsp3) is 0.353. The molecule has 7 nitrogen and oxygen atoms in total. The van der Waals surface area contributed by atoms with Gasteiger partial charge in [-0.2, -0.15) is 26.3 Å². The van der Waals surface area contributed by atoms with Gasteiger partial charge < -0.3 is 18.3 Å². The van der Waals surface area contributed by atoms with Crippen molar-refractivity contribution in [3.63, 3.8) is 0 Å². The lowest BCUT2D eigenvalue weighted by atomic mass is 9.95. The number of carbonyl (C=O) groups excluding carboxylic acids is 1. The Balaban J connectivity index is 1.18. The second-order valence-corrected chi connectivity index (χ2v) is 16.0. The zero-order valence-corrected chi connectivity index (χ0v) is 35.8. The fourth-order valence-electron chi connectivity index (χ4n) is 7.80. The van der Waals surface area contributed by atoms with Crippen LogP contribution in [-0.2, 0) is 52.3 Å². The van der Waals surface area contributed by atoms with Crippen LogP contribution in [0.2, 0.25) is 0 Å². The van der Waals surface area contributed by atoms with Gasteiger partial charge in [-0.3, -0.25) is 0 Å². The van der Waals surface area contributed by atoms with Gasteiger partial charge in [0.25, 0.3) is 0 Å². The maximum Gasteiger partial charge on any atom is 0.417 e. The van der Waals surface area contributed by atoms with Crippen molar-refractivity contribution in [1.29, 1.82) is 0 Å². The molecule has 0 aliphatic rings. The first-order valence-electron chi connectivity index (χ1n) is 21.5. The average molecular weight is 889 g/mol. The van der Waals surface area contributed by atoms with Crippen LogP contribution in [0, 0.1) is 0 Å². The number of fused-ring (bicyclic) bond motifs is 2. The Hall–Kier alpha value is -5.95.